The molecule has 0 unspecified atom stereocenters. The molecule has 0 radical (unpaired) electrons. The molecule has 1 fully saturated rings. The predicted octanol–water partition coefficient (Wildman–Crippen LogP) is 3.35. The van der Waals surface area contributed by atoms with E-state index in [0.717, 1.165) is 30.7 Å². The van der Waals surface area contributed by atoms with Crippen LogP contribution in [0.15, 0.2) is 0 Å². The van der Waals surface area contributed by atoms with Crippen molar-refractivity contribution in [3.8, 4) is 0 Å². The van der Waals surface area contributed by atoms with E-state index in [1.807, 2.05) is 6.92 Å². The van der Waals surface area contributed by atoms with Crippen LogP contribution in [-0.2, 0) is 10.3 Å². The van der Waals surface area contributed by atoms with E-state index in [9.17, 15) is 4.79 Å². The third-order valence-electron chi connectivity index (χ3n) is 3.46. The Morgan fingerprint density at radius 1 is 1.44 bits per heavy atom. The van der Waals surface area contributed by atoms with Gasteiger partial charge in [-0.2, -0.15) is 0 Å². The van der Waals surface area contributed by atoms with Gasteiger partial charge in [-0.15, -0.1) is 11.3 Å². The van der Waals surface area contributed by atoms with Crippen molar-refractivity contribution in [3.05, 3.63) is 15.6 Å². The first-order valence-electron chi connectivity index (χ1n) is 6.44. The van der Waals surface area contributed by atoms with Gasteiger partial charge in [-0.3, -0.25) is 0 Å². The first kappa shape index (κ1) is 13.5. The topological polar surface area (TPSA) is 59.4 Å². The zero-order valence-corrected chi connectivity index (χ0v) is 11.7. The van der Waals surface area contributed by atoms with Gasteiger partial charge in [0.25, 0.3) is 0 Å². The number of ether oxygens (including phenoxy) is 1. The van der Waals surface area contributed by atoms with Crippen LogP contribution in [0, 0.1) is 6.92 Å². The van der Waals surface area contributed by atoms with E-state index in [4.69, 9.17) is 9.84 Å². The maximum Gasteiger partial charge on any atom is 0.347 e. The highest BCUT2D eigenvalue weighted by Gasteiger charge is 2.38. The molecule has 0 bridgehead atoms. The third kappa shape index (κ3) is 2.42. The van der Waals surface area contributed by atoms with E-state index in [1.165, 1.54) is 17.8 Å². The number of nitrogens with zero attached hydrogens (tertiary/aromatic N) is 1. The van der Waals surface area contributed by atoms with Gasteiger partial charge in [0.15, 0.2) is 0 Å². The van der Waals surface area contributed by atoms with Crippen molar-refractivity contribution in [1.29, 1.82) is 0 Å². The second-order valence-corrected chi connectivity index (χ2v) is 5.73. The Hall–Kier alpha value is -0.940. The number of carboxylic acid groups (broad SMARTS) is 1. The summed E-state index contributed by atoms with van der Waals surface area (Å²) in [6.45, 7) is 4.38. The molecule has 0 aliphatic heterocycles. The van der Waals surface area contributed by atoms with Crippen LogP contribution in [0.4, 0.5) is 0 Å². The lowest BCUT2D eigenvalue weighted by molar-refractivity contribution is -0.0705. The second kappa shape index (κ2) is 5.36. The van der Waals surface area contributed by atoms with Crippen molar-refractivity contribution in [2.75, 3.05) is 6.61 Å². The zero-order chi connectivity index (χ0) is 13.2. The Morgan fingerprint density at radius 2 is 2.11 bits per heavy atom. The first-order valence-corrected chi connectivity index (χ1v) is 7.26. The van der Waals surface area contributed by atoms with Gasteiger partial charge >= 0.3 is 5.97 Å². The smallest absolute Gasteiger partial charge is 0.347 e. The Bertz CT molecular complexity index is 430. The molecule has 0 amide bonds. The predicted molar refractivity (Wildman–Crippen MR) is 70.2 cm³/mol. The van der Waals surface area contributed by atoms with Crippen molar-refractivity contribution in [2.45, 2.75) is 51.6 Å². The summed E-state index contributed by atoms with van der Waals surface area (Å²) in [5, 5.41) is 9.97. The Kier molecular flexibility index (Phi) is 4.02. The first-order chi connectivity index (χ1) is 8.59. The molecule has 1 N–H and O–H groups in total. The molecule has 18 heavy (non-hydrogen) atoms. The summed E-state index contributed by atoms with van der Waals surface area (Å²) in [5.74, 6) is -0.890. The highest BCUT2D eigenvalue weighted by atomic mass is 32.1. The SMILES string of the molecule is CCOC1(c2nc(C)c(C(=O)O)s2)CCCCC1. The fourth-order valence-electron chi connectivity index (χ4n) is 2.61. The Labute approximate surface area is 111 Å². The van der Waals surface area contributed by atoms with Gasteiger partial charge in [0.05, 0.1) is 5.69 Å². The van der Waals surface area contributed by atoms with Crippen LogP contribution in [-0.4, -0.2) is 22.7 Å². The molecule has 1 aromatic heterocycles. The van der Waals surface area contributed by atoms with Gasteiger partial charge in [0, 0.05) is 6.61 Å². The van der Waals surface area contributed by atoms with Gasteiger partial charge in [-0.05, 0) is 26.7 Å². The molecule has 1 aliphatic rings. The molecule has 1 saturated carbocycles. The maximum absolute atomic E-state index is 11.1. The Morgan fingerprint density at radius 3 is 2.61 bits per heavy atom. The number of hydrogen-bond acceptors (Lipinski definition) is 4. The minimum Gasteiger partial charge on any atom is -0.477 e. The monoisotopic (exact) mass is 269 g/mol. The van der Waals surface area contributed by atoms with Crippen molar-refractivity contribution in [2.24, 2.45) is 0 Å². The number of thiazole rings is 1. The number of aromatic carboxylic acids is 1. The largest absolute Gasteiger partial charge is 0.477 e. The minimum absolute atomic E-state index is 0.337. The van der Waals surface area contributed by atoms with E-state index >= 15 is 0 Å². The molecular weight excluding hydrogens is 250 g/mol. The standard InChI is InChI=1S/C13H19NO3S/c1-3-17-13(7-5-4-6-8-13)12-14-9(2)10(18-12)11(15)16/h3-8H2,1-2H3,(H,15,16). The van der Waals surface area contributed by atoms with E-state index in [-0.39, 0.29) is 5.60 Å². The summed E-state index contributed by atoms with van der Waals surface area (Å²) in [6.07, 6.45) is 5.38. The normalized spacial score (nSPS) is 18.8. The molecule has 2 rings (SSSR count). The molecule has 100 valence electrons. The van der Waals surface area contributed by atoms with Crippen molar-refractivity contribution >= 4 is 17.3 Å². The molecule has 0 aromatic carbocycles. The number of hydrogen-bond donors (Lipinski definition) is 1. The average molecular weight is 269 g/mol. The summed E-state index contributed by atoms with van der Waals surface area (Å²) in [7, 11) is 0. The molecule has 5 heteroatoms. The number of carbonyl (C=O) groups is 1. The van der Waals surface area contributed by atoms with Gasteiger partial charge in [-0.1, -0.05) is 19.3 Å². The lowest BCUT2D eigenvalue weighted by atomic mass is 9.85. The van der Waals surface area contributed by atoms with Crippen LogP contribution in [0.5, 0.6) is 0 Å². The summed E-state index contributed by atoms with van der Waals surface area (Å²) in [5.41, 5.74) is 0.267. The second-order valence-electron chi connectivity index (χ2n) is 4.73. The molecule has 4 nitrogen and oxygen atoms in total. The average Bonchev–Trinajstić information content (AvgIpc) is 2.74. The van der Waals surface area contributed by atoms with Crippen LogP contribution in [0.25, 0.3) is 0 Å². The van der Waals surface area contributed by atoms with E-state index in [0.29, 0.717) is 17.2 Å². The fraction of sp³-hybridized carbons (Fsp3) is 0.692. The highest BCUT2D eigenvalue weighted by Crippen LogP contribution is 2.42. The minimum atomic E-state index is -0.890. The Balaban J connectivity index is 2.36. The van der Waals surface area contributed by atoms with Crippen LogP contribution in [0.3, 0.4) is 0 Å². The maximum atomic E-state index is 11.1. The number of carboxylic acids is 1. The molecule has 0 saturated heterocycles. The quantitative estimate of drug-likeness (QED) is 0.910. The fourth-order valence-corrected chi connectivity index (χ4v) is 3.71. The van der Waals surface area contributed by atoms with Crippen LogP contribution in [0.2, 0.25) is 0 Å². The van der Waals surface area contributed by atoms with Gasteiger partial charge in [0.1, 0.15) is 15.5 Å². The van der Waals surface area contributed by atoms with Crippen LogP contribution < -0.4 is 0 Å². The summed E-state index contributed by atoms with van der Waals surface area (Å²) in [4.78, 5) is 15.9. The molecule has 1 heterocycles. The summed E-state index contributed by atoms with van der Waals surface area (Å²) >= 11 is 1.28. The number of aromatic nitrogens is 1. The van der Waals surface area contributed by atoms with Gasteiger partial charge < -0.3 is 9.84 Å². The van der Waals surface area contributed by atoms with Gasteiger partial charge in [-0.25, -0.2) is 9.78 Å². The lowest BCUT2D eigenvalue weighted by Crippen LogP contribution is -2.32. The van der Waals surface area contributed by atoms with E-state index in [1.54, 1.807) is 6.92 Å². The van der Waals surface area contributed by atoms with E-state index < -0.39 is 5.97 Å². The summed E-state index contributed by atoms with van der Waals surface area (Å²) < 4.78 is 5.96. The van der Waals surface area contributed by atoms with Crippen molar-refractivity contribution in [1.82, 2.24) is 4.98 Å². The summed E-state index contributed by atoms with van der Waals surface area (Å²) in [6, 6.07) is 0. The van der Waals surface area contributed by atoms with Crippen molar-refractivity contribution < 1.29 is 14.6 Å². The van der Waals surface area contributed by atoms with Crippen LogP contribution >= 0.6 is 11.3 Å². The molecule has 1 aliphatic carbocycles. The van der Waals surface area contributed by atoms with Crippen molar-refractivity contribution in [3.63, 3.8) is 0 Å². The van der Waals surface area contributed by atoms with Crippen LogP contribution in [0.1, 0.15) is 59.4 Å². The molecule has 0 atom stereocenters. The number of rotatable bonds is 4. The molecule has 0 spiro atoms. The lowest BCUT2D eigenvalue weighted by Gasteiger charge is -2.35. The zero-order valence-electron chi connectivity index (χ0n) is 10.9. The van der Waals surface area contributed by atoms with Gasteiger partial charge in [0.2, 0.25) is 0 Å². The molecular formula is C13H19NO3S. The third-order valence-corrected chi connectivity index (χ3v) is 4.79. The number of aryl methyl sites for hydroxylation is 1. The molecule has 1 aromatic rings. The highest BCUT2D eigenvalue weighted by molar-refractivity contribution is 7.13. The van der Waals surface area contributed by atoms with E-state index in [2.05, 4.69) is 4.98 Å².